The predicted octanol–water partition coefficient (Wildman–Crippen LogP) is 4.83. The first-order valence-electron chi connectivity index (χ1n) is 9.97. The Morgan fingerprint density at radius 2 is 1.86 bits per heavy atom. The standard InChI is InChI=1S/C23H30ClNO4/c1-15(2)9-20(26)16-5-6-21-18(10-16)14-25(7-8-29-21)13-17-11-22(27-3)23(28-4)12-19(17)24/h5-6,10-12,15,20,26H,7-9,13-14H2,1-4H3. The SMILES string of the molecule is COc1cc(Cl)c(CN2CCOc3ccc(C(O)CC(C)C)cc3C2)cc1OC. The third-order valence-corrected chi connectivity index (χ3v) is 5.52. The van der Waals surface area contributed by atoms with Gasteiger partial charge in [0.05, 0.1) is 20.3 Å². The number of fused-ring (bicyclic) bond motifs is 1. The van der Waals surface area contributed by atoms with Gasteiger partial charge in [-0.15, -0.1) is 0 Å². The molecule has 0 saturated carbocycles. The van der Waals surface area contributed by atoms with E-state index in [1.54, 1.807) is 20.3 Å². The molecule has 0 bridgehead atoms. The lowest BCUT2D eigenvalue weighted by Crippen LogP contribution is -2.25. The van der Waals surface area contributed by atoms with Crippen molar-refractivity contribution in [3.8, 4) is 17.2 Å². The lowest BCUT2D eigenvalue weighted by molar-refractivity contribution is 0.151. The van der Waals surface area contributed by atoms with Gasteiger partial charge >= 0.3 is 0 Å². The first kappa shape index (κ1) is 21.8. The van der Waals surface area contributed by atoms with E-state index in [0.29, 0.717) is 35.6 Å². The van der Waals surface area contributed by atoms with Crippen molar-refractivity contribution in [3.05, 3.63) is 52.0 Å². The average molecular weight is 420 g/mol. The van der Waals surface area contributed by atoms with E-state index < -0.39 is 6.10 Å². The number of aliphatic hydroxyl groups is 1. The van der Waals surface area contributed by atoms with Crippen LogP contribution in [-0.4, -0.2) is 37.4 Å². The number of benzene rings is 2. The van der Waals surface area contributed by atoms with Crippen LogP contribution < -0.4 is 14.2 Å². The zero-order valence-corrected chi connectivity index (χ0v) is 18.3. The van der Waals surface area contributed by atoms with Gasteiger partial charge in [0.25, 0.3) is 0 Å². The summed E-state index contributed by atoms with van der Waals surface area (Å²) in [7, 11) is 3.22. The normalized spacial score (nSPS) is 15.4. The summed E-state index contributed by atoms with van der Waals surface area (Å²) in [6, 6.07) is 9.72. The summed E-state index contributed by atoms with van der Waals surface area (Å²) in [5, 5.41) is 11.2. The minimum atomic E-state index is -0.461. The number of rotatable bonds is 7. The third kappa shape index (κ3) is 5.35. The maximum atomic E-state index is 10.5. The molecular formula is C23H30ClNO4. The summed E-state index contributed by atoms with van der Waals surface area (Å²) in [4.78, 5) is 2.29. The second-order valence-corrected chi connectivity index (χ2v) is 8.28. The van der Waals surface area contributed by atoms with Gasteiger partial charge in [-0.3, -0.25) is 4.90 Å². The van der Waals surface area contributed by atoms with Crippen LogP contribution in [0.25, 0.3) is 0 Å². The van der Waals surface area contributed by atoms with E-state index in [9.17, 15) is 5.11 Å². The van der Waals surface area contributed by atoms with Crippen molar-refractivity contribution < 1.29 is 19.3 Å². The van der Waals surface area contributed by atoms with Gasteiger partial charge in [-0.1, -0.05) is 31.5 Å². The molecule has 6 heteroatoms. The Morgan fingerprint density at radius 1 is 1.14 bits per heavy atom. The fraction of sp³-hybridized carbons (Fsp3) is 0.478. The molecule has 2 aromatic rings. The fourth-order valence-corrected chi connectivity index (χ4v) is 3.87. The van der Waals surface area contributed by atoms with E-state index in [4.69, 9.17) is 25.8 Å². The molecule has 1 atom stereocenters. The molecule has 1 aliphatic rings. The number of hydrogen-bond acceptors (Lipinski definition) is 5. The quantitative estimate of drug-likeness (QED) is 0.696. The van der Waals surface area contributed by atoms with Crippen LogP contribution in [-0.2, 0) is 13.1 Å². The van der Waals surface area contributed by atoms with Crippen molar-refractivity contribution in [1.82, 2.24) is 4.90 Å². The van der Waals surface area contributed by atoms with E-state index in [-0.39, 0.29) is 0 Å². The minimum Gasteiger partial charge on any atom is -0.493 e. The molecule has 0 saturated heterocycles. The number of methoxy groups -OCH3 is 2. The Hall–Kier alpha value is -1.95. The van der Waals surface area contributed by atoms with Gasteiger partial charge in [0.1, 0.15) is 12.4 Å². The molecule has 29 heavy (non-hydrogen) atoms. The van der Waals surface area contributed by atoms with Crippen LogP contribution in [0.4, 0.5) is 0 Å². The lowest BCUT2D eigenvalue weighted by Gasteiger charge is -2.21. The number of ether oxygens (including phenoxy) is 3. The van der Waals surface area contributed by atoms with Crippen molar-refractivity contribution in [1.29, 1.82) is 0 Å². The molecule has 1 heterocycles. The van der Waals surface area contributed by atoms with Gasteiger partial charge in [0.15, 0.2) is 11.5 Å². The maximum Gasteiger partial charge on any atom is 0.162 e. The van der Waals surface area contributed by atoms with Crippen molar-refractivity contribution in [2.24, 2.45) is 5.92 Å². The van der Waals surface area contributed by atoms with Gasteiger partial charge in [-0.2, -0.15) is 0 Å². The second-order valence-electron chi connectivity index (χ2n) is 7.87. The van der Waals surface area contributed by atoms with Crippen molar-refractivity contribution in [3.63, 3.8) is 0 Å². The van der Waals surface area contributed by atoms with E-state index in [1.165, 1.54) is 0 Å². The van der Waals surface area contributed by atoms with E-state index in [1.807, 2.05) is 18.2 Å². The number of nitrogens with zero attached hydrogens (tertiary/aromatic N) is 1. The summed E-state index contributed by atoms with van der Waals surface area (Å²) < 4.78 is 16.7. The van der Waals surface area contributed by atoms with Crippen LogP contribution in [0.15, 0.2) is 30.3 Å². The fourth-order valence-electron chi connectivity index (χ4n) is 3.65. The highest BCUT2D eigenvalue weighted by atomic mass is 35.5. The lowest BCUT2D eigenvalue weighted by atomic mass is 9.97. The zero-order chi connectivity index (χ0) is 21.0. The van der Waals surface area contributed by atoms with E-state index in [0.717, 1.165) is 42.0 Å². The average Bonchev–Trinajstić information content (AvgIpc) is 2.89. The summed E-state index contributed by atoms with van der Waals surface area (Å²) in [6.45, 7) is 7.01. The number of aliphatic hydroxyl groups excluding tert-OH is 1. The molecule has 0 aliphatic carbocycles. The molecule has 1 unspecified atom stereocenters. The molecule has 2 aromatic carbocycles. The highest BCUT2D eigenvalue weighted by molar-refractivity contribution is 6.31. The molecule has 5 nitrogen and oxygen atoms in total. The van der Waals surface area contributed by atoms with E-state index >= 15 is 0 Å². The first-order chi connectivity index (χ1) is 13.9. The highest BCUT2D eigenvalue weighted by Gasteiger charge is 2.20. The minimum absolute atomic E-state index is 0.434. The van der Waals surface area contributed by atoms with Crippen LogP contribution in [0.2, 0.25) is 5.02 Å². The van der Waals surface area contributed by atoms with Crippen LogP contribution in [0.5, 0.6) is 17.2 Å². The largest absolute Gasteiger partial charge is 0.493 e. The first-order valence-corrected chi connectivity index (χ1v) is 10.4. The Labute approximate surface area is 178 Å². The molecule has 1 N–H and O–H groups in total. The Kier molecular flexibility index (Phi) is 7.28. The van der Waals surface area contributed by atoms with Crippen LogP contribution in [0.1, 0.15) is 43.1 Å². The predicted molar refractivity (Wildman–Crippen MR) is 115 cm³/mol. The van der Waals surface area contributed by atoms with Gasteiger partial charge in [0.2, 0.25) is 0 Å². The van der Waals surface area contributed by atoms with Gasteiger partial charge in [-0.05, 0) is 41.7 Å². The third-order valence-electron chi connectivity index (χ3n) is 5.17. The monoisotopic (exact) mass is 419 g/mol. The van der Waals surface area contributed by atoms with Crippen molar-refractivity contribution in [2.45, 2.75) is 39.5 Å². The Balaban J connectivity index is 1.80. The molecule has 0 radical (unpaired) electrons. The zero-order valence-electron chi connectivity index (χ0n) is 17.6. The maximum absolute atomic E-state index is 10.5. The summed E-state index contributed by atoms with van der Waals surface area (Å²) in [5.74, 6) is 2.60. The molecule has 0 aromatic heterocycles. The number of hydrogen-bond donors (Lipinski definition) is 1. The molecule has 0 amide bonds. The van der Waals surface area contributed by atoms with Gasteiger partial charge in [-0.25, -0.2) is 0 Å². The summed E-state index contributed by atoms with van der Waals surface area (Å²) >= 11 is 6.49. The summed E-state index contributed by atoms with van der Waals surface area (Å²) in [5.41, 5.74) is 3.00. The molecule has 158 valence electrons. The molecule has 0 spiro atoms. The van der Waals surface area contributed by atoms with Gasteiger partial charge in [0, 0.05) is 36.3 Å². The Bertz CT molecular complexity index is 840. The highest BCUT2D eigenvalue weighted by Crippen LogP contribution is 2.35. The van der Waals surface area contributed by atoms with Crippen molar-refractivity contribution >= 4 is 11.6 Å². The molecule has 3 rings (SSSR count). The summed E-state index contributed by atoms with van der Waals surface area (Å²) in [6.07, 6.45) is 0.280. The van der Waals surface area contributed by atoms with Crippen molar-refractivity contribution in [2.75, 3.05) is 27.4 Å². The number of halogens is 1. The second kappa shape index (κ2) is 9.70. The topological polar surface area (TPSA) is 51.2 Å². The molecule has 0 fully saturated rings. The van der Waals surface area contributed by atoms with E-state index in [2.05, 4.69) is 24.8 Å². The molecule has 1 aliphatic heterocycles. The van der Waals surface area contributed by atoms with Crippen LogP contribution >= 0.6 is 11.6 Å². The smallest absolute Gasteiger partial charge is 0.162 e. The van der Waals surface area contributed by atoms with Crippen LogP contribution in [0.3, 0.4) is 0 Å². The van der Waals surface area contributed by atoms with Crippen LogP contribution in [0, 0.1) is 5.92 Å². The Morgan fingerprint density at radius 3 is 2.55 bits per heavy atom. The molecular weight excluding hydrogens is 390 g/mol. The van der Waals surface area contributed by atoms with Gasteiger partial charge < -0.3 is 19.3 Å².